The van der Waals surface area contributed by atoms with E-state index in [4.69, 9.17) is 0 Å². The number of aromatic amines is 1. The Bertz CT molecular complexity index is 1150. The molecule has 0 spiro atoms. The molecule has 1 aromatic carbocycles. The fraction of sp³-hybridized carbons (Fsp3) is 0.150. The quantitative estimate of drug-likeness (QED) is 0.780. The van der Waals surface area contributed by atoms with Gasteiger partial charge in [0, 0.05) is 19.7 Å². The van der Waals surface area contributed by atoms with Gasteiger partial charge >= 0.3 is 0 Å². The van der Waals surface area contributed by atoms with Crippen LogP contribution in [0.1, 0.15) is 12.0 Å². The SMILES string of the molecule is CNC(=O)C1=CC=CCC1=c1[nH]c(=O)c(=Cc2ccccc2)n(C)c1=O. The molecule has 6 heteroatoms. The van der Waals surface area contributed by atoms with Crippen LogP contribution in [-0.4, -0.2) is 22.5 Å². The van der Waals surface area contributed by atoms with Gasteiger partial charge in [0.2, 0.25) is 0 Å². The highest BCUT2D eigenvalue weighted by atomic mass is 16.2. The van der Waals surface area contributed by atoms with E-state index in [-0.39, 0.29) is 27.7 Å². The number of nitrogens with zero attached hydrogens (tertiary/aromatic N) is 1. The van der Waals surface area contributed by atoms with Gasteiger partial charge in [-0.05, 0) is 29.7 Å². The molecular formula is C20H19N3O3. The van der Waals surface area contributed by atoms with Gasteiger partial charge in [-0.1, -0.05) is 42.5 Å². The summed E-state index contributed by atoms with van der Waals surface area (Å²) >= 11 is 0. The van der Waals surface area contributed by atoms with Gasteiger partial charge in [-0.2, -0.15) is 0 Å². The Kier molecular flexibility index (Phi) is 4.84. The van der Waals surface area contributed by atoms with Crippen LogP contribution in [0.25, 0.3) is 11.6 Å². The third-order valence-electron chi connectivity index (χ3n) is 4.27. The number of hydrogen-bond donors (Lipinski definition) is 2. The molecule has 0 atom stereocenters. The molecule has 26 heavy (non-hydrogen) atoms. The van der Waals surface area contributed by atoms with E-state index in [2.05, 4.69) is 10.3 Å². The van der Waals surface area contributed by atoms with Crippen molar-refractivity contribution in [3.63, 3.8) is 0 Å². The fourth-order valence-electron chi connectivity index (χ4n) is 2.88. The minimum Gasteiger partial charge on any atom is -0.355 e. The van der Waals surface area contributed by atoms with Crippen molar-refractivity contribution in [2.75, 3.05) is 7.05 Å². The van der Waals surface area contributed by atoms with Gasteiger partial charge in [-0.25, -0.2) is 0 Å². The lowest BCUT2D eigenvalue weighted by molar-refractivity contribution is -0.116. The Morgan fingerprint density at radius 2 is 1.96 bits per heavy atom. The average Bonchev–Trinajstić information content (AvgIpc) is 2.68. The maximum absolute atomic E-state index is 12.9. The minimum absolute atomic E-state index is 0.141. The first-order valence-corrected chi connectivity index (χ1v) is 8.21. The van der Waals surface area contributed by atoms with E-state index >= 15 is 0 Å². The lowest BCUT2D eigenvalue weighted by Crippen LogP contribution is -2.53. The van der Waals surface area contributed by atoms with Gasteiger partial charge in [0.15, 0.2) is 0 Å². The predicted molar refractivity (Wildman–Crippen MR) is 101 cm³/mol. The molecule has 6 nitrogen and oxygen atoms in total. The molecule has 2 N–H and O–H groups in total. The number of amides is 1. The molecule has 1 aliphatic rings. The van der Waals surface area contributed by atoms with Gasteiger partial charge in [0.25, 0.3) is 17.0 Å². The summed E-state index contributed by atoms with van der Waals surface area (Å²) in [5.74, 6) is -0.299. The normalized spacial score (nSPS) is 16.4. The zero-order valence-corrected chi connectivity index (χ0v) is 14.6. The Morgan fingerprint density at radius 3 is 2.65 bits per heavy atom. The van der Waals surface area contributed by atoms with Crippen molar-refractivity contribution in [2.24, 2.45) is 7.05 Å². The Hall–Kier alpha value is -3.41. The van der Waals surface area contributed by atoms with Crippen molar-refractivity contribution in [2.45, 2.75) is 6.42 Å². The van der Waals surface area contributed by atoms with E-state index in [1.54, 1.807) is 25.3 Å². The third-order valence-corrected chi connectivity index (χ3v) is 4.27. The standard InChI is InChI=1S/C20H19N3O3/c1-21-18(24)15-11-7-6-10-14(15)17-20(26)23(2)16(19(25)22-17)12-13-8-4-3-5-9-13/h3-9,11-12H,10H2,1-2H3,(H,21,24)(H,22,25). The molecule has 0 saturated carbocycles. The van der Waals surface area contributed by atoms with Crippen LogP contribution in [0, 0.1) is 0 Å². The second kappa shape index (κ2) is 7.23. The second-order valence-electron chi connectivity index (χ2n) is 5.90. The molecule has 1 amide bonds. The largest absolute Gasteiger partial charge is 0.355 e. The summed E-state index contributed by atoms with van der Waals surface area (Å²) in [5.41, 5.74) is 0.967. The Morgan fingerprint density at radius 1 is 1.23 bits per heavy atom. The summed E-state index contributed by atoms with van der Waals surface area (Å²) in [7, 11) is 3.08. The molecule has 0 aliphatic heterocycles. The molecule has 0 bridgehead atoms. The zero-order chi connectivity index (χ0) is 18.7. The fourth-order valence-corrected chi connectivity index (χ4v) is 2.88. The maximum atomic E-state index is 12.9. The minimum atomic E-state index is -0.385. The van der Waals surface area contributed by atoms with Crippen LogP contribution >= 0.6 is 0 Å². The number of rotatable bonds is 2. The summed E-state index contributed by atoms with van der Waals surface area (Å²) in [6.45, 7) is 0. The first kappa shape index (κ1) is 17.4. The molecule has 0 saturated heterocycles. The number of nitrogens with one attached hydrogen (secondary N) is 2. The molecule has 132 valence electrons. The molecule has 1 aliphatic carbocycles. The van der Waals surface area contributed by atoms with Crippen molar-refractivity contribution in [1.29, 1.82) is 0 Å². The molecule has 0 unspecified atom stereocenters. The van der Waals surface area contributed by atoms with E-state index in [0.717, 1.165) is 5.56 Å². The van der Waals surface area contributed by atoms with Crippen LogP contribution in [-0.2, 0) is 11.8 Å². The summed E-state index contributed by atoms with van der Waals surface area (Å²) in [4.78, 5) is 40.2. The van der Waals surface area contributed by atoms with Gasteiger partial charge in [0.05, 0.1) is 0 Å². The third kappa shape index (κ3) is 3.21. The molecular weight excluding hydrogens is 330 g/mol. The second-order valence-corrected chi connectivity index (χ2v) is 5.90. The number of carbonyl (C=O) groups excluding carboxylic acids is 1. The molecule has 1 heterocycles. The molecule has 0 fully saturated rings. The summed E-state index contributed by atoms with van der Waals surface area (Å²) in [5, 5.41) is 2.95. The van der Waals surface area contributed by atoms with Gasteiger partial charge in [-0.15, -0.1) is 0 Å². The number of allylic oxidation sites excluding steroid dienone is 3. The predicted octanol–water partition coefficient (Wildman–Crippen LogP) is -0.315. The van der Waals surface area contributed by atoms with Crippen LogP contribution in [0.5, 0.6) is 0 Å². The first-order valence-electron chi connectivity index (χ1n) is 8.21. The monoisotopic (exact) mass is 349 g/mol. The van der Waals surface area contributed by atoms with Gasteiger partial charge < -0.3 is 14.9 Å². The van der Waals surface area contributed by atoms with E-state index < -0.39 is 0 Å². The molecule has 3 rings (SSSR count). The number of carbonyl (C=O) groups is 1. The molecule has 1 aromatic heterocycles. The number of H-pyrrole nitrogens is 1. The summed E-state index contributed by atoms with van der Waals surface area (Å²) in [6.07, 6.45) is 7.29. The topological polar surface area (TPSA) is 84.0 Å². The van der Waals surface area contributed by atoms with Gasteiger partial charge in [0.1, 0.15) is 10.7 Å². The summed E-state index contributed by atoms with van der Waals surface area (Å²) < 4.78 is 1.31. The van der Waals surface area contributed by atoms with E-state index in [1.165, 1.54) is 11.6 Å². The number of hydrogen-bond acceptors (Lipinski definition) is 3. The molecule has 2 aromatic rings. The molecule has 0 radical (unpaired) electrons. The van der Waals surface area contributed by atoms with Crippen molar-refractivity contribution < 1.29 is 4.79 Å². The number of benzene rings is 1. The lowest BCUT2D eigenvalue weighted by Gasteiger charge is -2.12. The van der Waals surface area contributed by atoms with Crippen molar-refractivity contribution in [1.82, 2.24) is 14.9 Å². The zero-order valence-electron chi connectivity index (χ0n) is 14.6. The highest BCUT2D eigenvalue weighted by Gasteiger charge is 2.17. The van der Waals surface area contributed by atoms with E-state index in [0.29, 0.717) is 17.6 Å². The highest BCUT2D eigenvalue weighted by Crippen LogP contribution is 2.18. The smallest absolute Gasteiger partial charge is 0.275 e. The van der Waals surface area contributed by atoms with Gasteiger partial charge in [-0.3, -0.25) is 14.4 Å². The number of likely N-dealkylation sites (N-methyl/N-ethyl adjacent to an activating group) is 1. The van der Waals surface area contributed by atoms with E-state index in [1.807, 2.05) is 36.4 Å². The summed E-state index contributed by atoms with van der Waals surface area (Å²) in [6, 6.07) is 9.30. The van der Waals surface area contributed by atoms with Crippen LogP contribution in [0.2, 0.25) is 0 Å². The first-order chi connectivity index (χ1) is 12.5. The lowest BCUT2D eigenvalue weighted by atomic mass is 9.97. The van der Waals surface area contributed by atoms with Crippen molar-refractivity contribution in [3.05, 3.63) is 91.1 Å². The van der Waals surface area contributed by atoms with Crippen LogP contribution in [0.15, 0.2) is 63.7 Å². The number of aromatic nitrogens is 2. The van der Waals surface area contributed by atoms with Crippen LogP contribution in [0.4, 0.5) is 0 Å². The maximum Gasteiger partial charge on any atom is 0.275 e. The van der Waals surface area contributed by atoms with Crippen molar-refractivity contribution >= 4 is 17.6 Å². The van der Waals surface area contributed by atoms with Crippen molar-refractivity contribution in [3.8, 4) is 0 Å². The van der Waals surface area contributed by atoms with E-state index in [9.17, 15) is 14.4 Å². The highest BCUT2D eigenvalue weighted by molar-refractivity contribution is 6.06. The van der Waals surface area contributed by atoms with Crippen LogP contribution < -0.4 is 27.1 Å². The Labute approximate surface area is 149 Å². The average molecular weight is 349 g/mol. The van der Waals surface area contributed by atoms with Crippen LogP contribution in [0.3, 0.4) is 0 Å². The Balaban J connectivity index is 2.31.